The molecule has 0 unspecified atom stereocenters. The van der Waals surface area contributed by atoms with Crippen LogP contribution in [-0.2, 0) is 0 Å². The van der Waals surface area contributed by atoms with E-state index >= 15 is 0 Å². The zero-order chi connectivity index (χ0) is 12.3. The fourth-order valence-corrected chi connectivity index (χ4v) is 3.03. The first kappa shape index (κ1) is 12.2. The van der Waals surface area contributed by atoms with Gasteiger partial charge in [0.25, 0.3) is 0 Å². The van der Waals surface area contributed by atoms with Crippen LogP contribution in [0.1, 0.15) is 11.8 Å². The van der Waals surface area contributed by atoms with Crippen molar-refractivity contribution in [2.24, 2.45) is 0 Å². The second-order valence-electron chi connectivity index (χ2n) is 3.36. The lowest BCUT2D eigenvalue weighted by Crippen LogP contribution is -1.90. The second-order valence-corrected chi connectivity index (χ2v) is 5.26. The Hall–Kier alpha value is -1.31. The van der Waals surface area contributed by atoms with Gasteiger partial charge in [-0.15, -0.1) is 11.3 Å². The molecular formula is C13H10BrNOS. The predicted molar refractivity (Wildman–Crippen MR) is 73.3 cm³/mol. The van der Waals surface area contributed by atoms with Crippen LogP contribution in [0.5, 0.6) is 5.75 Å². The monoisotopic (exact) mass is 307 g/mol. The number of benzene rings is 1. The third kappa shape index (κ3) is 2.68. The van der Waals surface area contributed by atoms with Gasteiger partial charge in [-0.1, -0.05) is 0 Å². The van der Waals surface area contributed by atoms with Crippen molar-refractivity contribution in [3.63, 3.8) is 0 Å². The highest BCUT2D eigenvalue weighted by atomic mass is 79.9. The summed E-state index contributed by atoms with van der Waals surface area (Å²) in [5, 5.41) is 8.90. The Morgan fingerprint density at radius 1 is 1.35 bits per heavy atom. The van der Waals surface area contributed by atoms with Crippen LogP contribution in [0.3, 0.4) is 0 Å². The third-order valence-electron chi connectivity index (χ3n) is 2.24. The summed E-state index contributed by atoms with van der Waals surface area (Å²) in [4.78, 5) is 1.78. The van der Waals surface area contributed by atoms with Crippen LogP contribution in [0.2, 0.25) is 0 Å². The number of thiophene rings is 1. The normalized spacial score (nSPS) is 9.94. The van der Waals surface area contributed by atoms with Crippen molar-refractivity contribution < 1.29 is 4.74 Å². The first-order chi connectivity index (χ1) is 8.24. The van der Waals surface area contributed by atoms with Gasteiger partial charge in [0.2, 0.25) is 0 Å². The molecule has 17 heavy (non-hydrogen) atoms. The Balaban J connectivity index is 2.30. The van der Waals surface area contributed by atoms with Gasteiger partial charge in [0, 0.05) is 9.35 Å². The number of ether oxygens (including phenoxy) is 1. The molecule has 2 nitrogen and oxygen atoms in total. The minimum atomic E-state index is 0.669. The maximum atomic E-state index is 8.90. The molecule has 2 rings (SSSR count). The SMILES string of the molecule is CCOc1ccc(-c2cc(Br)c(C#N)s2)cc1. The van der Waals surface area contributed by atoms with E-state index in [1.54, 1.807) is 0 Å². The van der Waals surface area contributed by atoms with Crippen LogP contribution in [0.25, 0.3) is 10.4 Å². The summed E-state index contributed by atoms with van der Waals surface area (Å²) >= 11 is 4.86. The van der Waals surface area contributed by atoms with Crippen LogP contribution < -0.4 is 4.74 Å². The summed E-state index contributed by atoms with van der Waals surface area (Å²) in [5.74, 6) is 0.868. The fourth-order valence-electron chi connectivity index (χ4n) is 1.47. The molecule has 0 spiro atoms. The first-order valence-corrected chi connectivity index (χ1v) is 6.78. The predicted octanol–water partition coefficient (Wildman–Crippen LogP) is 4.45. The number of hydrogen-bond donors (Lipinski definition) is 0. The summed E-state index contributed by atoms with van der Waals surface area (Å²) in [7, 11) is 0. The van der Waals surface area contributed by atoms with Crippen LogP contribution in [0.15, 0.2) is 34.8 Å². The molecule has 1 aromatic carbocycles. The molecule has 0 aliphatic heterocycles. The maximum absolute atomic E-state index is 8.90. The molecule has 0 N–H and O–H groups in total. The summed E-state index contributed by atoms with van der Waals surface area (Å²) in [6.07, 6.45) is 0. The number of nitriles is 1. The number of nitrogens with zero attached hydrogens (tertiary/aromatic N) is 1. The lowest BCUT2D eigenvalue weighted by atomic mass is 10.2. The van der Waals surface area contributed by atoms with Crippen molar-refractivity contribution in [1.29, 1.82) is 5.26 Å². The number of rotatable bonds is 3. The van der Waals surface area contributed by atoms with Gasteiger partial charge in [0.05, 0.1) is 6.61 Å². The zero-order valence-electron chi connectivity index (χ0n) is 9.24. The van der Waals surface area contributed by atoms with E-state index in [-0.39, 0.29) is 0 Å². The zero-order valence-corrected chi connectivity index (χ0v) is 11.6. The first-order valence-electron chi connectivity index (χ1n) is 5.17. The number of halogens is 1. The van der Waals surface area contributed by atoms with E-state index in [4.69, 9.17) is 10.00 Å². The van der Waals surface area contributed by atoms with Gasteiger partial charge in [-0.25, -0.2) is 0 Å². The van der Waals surface area contributed by atoms with Gasteiger partial charge in [-0.2, -0.15) is 5.26 Å². The van der Waals surface area contributed by atoms with Crippen LogP contribution in [-0.4, -0.2) is 6.61 Å². The molecule has 0 saturated heterocycles. The van der Waals surface area contributed by atoms with E-state index in [2.05, 4.69) is 22.0 Å². The van der Waals surface area contributed by atoms with Gasteiger partial charge in [0.1, 0.15) is 16.7 Å². The third-order valence-corrected chi connectivity index (χ3v) is 4.21. The van der Waals surface area contributed by atoms with Gasteiger partial charge in [0.15, 0.2) is 0 Å². The van der Waals surface area contributed by atoms with Crippen molar-refractivity contribution in [3.8, 4) is 22.3 Å². The smallest absolute Gasteiger partial charge is 0.119 e. The molecule has 4 heteroatoms. The molecule has 1 aromatic heterocycles. The Kier molecular flexibility index (Phi) is 3.82. The summed E-state index contributed by atoms with van der Waals surface area (Å²) < 4.78 is 6.24. The molecule has 0 aliphatic rings. The van der Waals surface area contributed by atoms with E-state index in [1.165, 1.54) is 11.3 Å². The average Bonchev–Trinajstić information content (AvgIpc) is 2.72. The molecule has 1 heterocycles. The maximum Gasteiger partial charge on any atom is 0.119 e. The van der Waals surface area contributed by atoms with E-state index < -0.39 is 0 Å². The van der Waals surface area contributed by atoms with Gasteiger partial charge in [-0.05, 0) is 58.7 Å². The minimum absolute atomic E-state index is 0.669. The molecule has 0 fully saturated rings. The Labute approximate surface area is 113 Å². The molecular weight excluding hydrogens is 298 g/mol. The standard InChI is InChI=1S/C13H10BrNOS/c1-2-16-10-5-3-9(4-6-10)12-7-11(14)13(8-15)17-12/h3-7H,2H2,1H3. The molecule has 2 aromatic rings. The van der Waals surface area contributed by atoms with Crippen LogP contribution >= 0.6 is 27.3 Å². The van der Waals surface area contributed by atoms with Crippen molar-refractivity contribution in [2.75, 3.05) is 6.61 Å². The topological polar surface area (TPSA) is 33.0 Å². The summed E-state index contributed by atoms with van der Waals surface area (Å²) in [6, 6.07) is 12.0. The molecule has 0 saturated carbocycles. The molecule has 0 aliphatic carbocycles. The molecule has 86 valence electrons. The highest BCUT2D eigenvalue weighted by Crippen LogP contribution is 2.34. The van der Waals surface area contributed by atoms with Crippen LogP contribution in [0, 0.1) is 11.3 Å². The summed E-state index contributed by atoms with van der Waals surface area (Å²) in [5.41, 5.74) is 1.10. The van der Waals surface area contributed by atoms with Crippen molar-refractivity contribution in [1.82, 2.24) is 0 Å². The van der Waals surface area contributed by atoms with E-state index in [1.807, 2.05) is 37.3 Å². The van der Waals surface area contributed by atoms with Crippen LogP contribution in [0.4, 0.5) is 0 Å². The molecule has 0 bridgehead atoms. The highest BCUT2D eigenvalue weighted by Gasteiger charge is 2.07. The quantitative estimate of drug-likeness (QED) is 0.839. The van der Waals surface area contributed by atoms with E-state index in [0.29, 0.717) is 11.5 Å². The lowest BCUT2D eigenvalue weighted by molar-refractivity contribution is 0.340. The Morgan fingerprint density at radius 3 is 2.59 bits per heavy atom. The van der Waals surface area contributed by atoms with Crippen molar-refractivity contribution >= 4 is 27.3 Å². The highest BCUT2D eigenvalue weighted by molar-refractivity contribution is 9.10. The largest absolute Gasteiger partial charge is 0.494 e. The summed E-state index contributed by atoms with van der Waals surface area (Å²) in [6.45, 7) is 2.63. The van der Waals surface area contributed by atoms with E-state index in [9.17, 15) is 0 Å². The van der Waals surface area contributed by atoms with Gasteiger partial charge < -0.3 is 4.74 Å². The van der Waals surface area contributed by atoms with Gasteiger partial charge in [-0.3, -0.25) is 0 Å². The molecule has 0 radical (unpaired) electrons. The van der Waals surface area contributed by atoms with E-state index in [0.717, 1.165) is 20.7 Å². The number of hydrogen-bond acceptors (Lipinski definition) is 3. The second kappa shape index (κ2) is 5.35. The van der Waals surface area contributed by atoms with Crippen molar-refractivity contribution in [3.05, 3.63) is 39.7 Å². The molecule has 0 atom stereocenters. The average molecular weight is 308 g/mol. The lowest BCUT2D eigenvalue weighted by Gasteiger charge is -2.03. The van der Waals surface area contributed by atoms with Gasteiger partial charge >= 0.3 is 0 Å². The molecule has 0 amide bonds. The van der Waals surface area contributed by atoms with Crippen molar-refractivity contribution in [2.45, 2.75) is 6.92 Å². The fraction of sp³-hybridized carbons (Fsp3) is 0.154. The minimum Gasteiger partial charge on any atom is -0.494 e. The Bertz CT molecular complexity index is 554. The Morgan fingerprint density at radius 2 is 2.06 bits per heavy atom.